The highest BCUT2D eigenvalue weighted by atomic mass is 35.5. The largest absolute Gasteiger partial charge is 0.480 e. The first-order chi connectivity index (χ1) is 8.99. The number of nitrogens with one attached hydrogen (secondary N) is 1. The fourth-order valence-corrected chi connectivity index (χ4v) is 3.23. The van der Waals surface area contributed by atoms with E-state index in [1.807, 2.05) is 13.0 Å². The van der Waals surface area contributed by atoms with Crippen LogP contribution >= 0.6 is 22.9 Å². The third-order valence-corrected chi connectivity index (χ3v) is 4.57. The number of carbonyl (C=O) groups excluding carboxylic acids is 1. The fraction of sp³-hybridized carbons (Fsp3) is 0.500. The molecule has 2 unspecified atom stereocenters. The van der Waals surface area contributed by atoms with Crippen molar-refractivity contribution in [2.75, 3.05) is 6.54 Å². The van der Waals surface area contributed by atoms with E-state index in [1.165, 1.54) is 16.2 Å². The molecule has 2 heterocycles. The van der Waals surface area contributed by atoms with Gasteiger partial charge in [0, 0.05) is 11.4 Å². The molecule has 0 aliphatic carbocycles. The highest BCUT2D eigenvalue weighted by Gasteiger charge is 2.34. The van der Waals surface area contributed by atoms with Crippen LogP contribution in [0.5, 0.6) is 0 Å². The van der Waals surface area contributed by atoms with E-state index in [0.717, 1.165) is 11.3 Å². The highest BCUT2D eigenvalue weighted by Crippen LogP contribution is 2.27. The van der Waals surface area contributed by atoms with Crippen molar-refractivity contribution in [3.05, 3.63) is 21.3 Å². The highest BCUT2D eigenvalue weighted by molar-refractivity contribution is 7.16. The van der Waals surface area contributed by atoms with E-state index in [-0.39, 0.29) is 12.1 Å². The number of carboxylic acid groups (broad SMARTS) is 1. The van der Waals surface area contributed by atoms with Crippen molar-refractivity contribution in [2.24, 2.45) is 0 Å². The molecule has 1 aromatic rings. The molecule has 1 aromatic heterocycles. The van der Waals surface area contributed by atoms with E-state index in [1.54, 1.807) is 6.07 Å². The molecule has 2 atom stereocenters. The molecule has 0 spiro atoms. The molecule has 104 valence electrons. The fourth-order valence-electron chi connectivity index (χ4n) is 2.17. The average Bonchev–Trinajstić information content (AvgIpc) is 2.96. The zero-order chi connectivity index (χ0) is 14.0. The van der Waals surface area contributed by atoms with Gasteiger partial charge in [-0.2, -0.15) is 0 Å². The Labute approximate surface area is 120 Å². The monoisotopic (exact) mass is 302 g/mol. The van der Waals surface area contributed by atoms with Crippen LogP contribution in [0.25, 0.3) is 0 Å². The number of aliphatic carboxylic acids is 1. The predicted octanol–water partition coefficient (Wildman–Crippen LogP) is 2.72. The summed E-state index contributed by atoms with van der Waals surface area (Å²) >= 11 is 7.25. The number of urea groups is 1. The van der Waals surface area contributed by atoms with Gasteiger partial charge in [0.1, 0.15) is 6.04 Å². The predicted molar refractivity (Wildman–Crippen MR) is 73.6 cm³/mol. The maximum Gasteiger partial charge on any atom is 0.326 e. The van der Waals surface area contributed by atoms with Crippen LogP contribution in [0.2, 0.25) is 4.34 Å². The molecule has 0 saturated carbocycles. The minimum absolute atomic E-state index is 0.181. The summed E-state index contributed by atoms with van der Waals surface area (Å²) in [5, 5.41) is 11.9. The molecule has 1 saturated heterocycles. The van der Waals surface area contributed by atoms with Crippen molar-refractivity contribution < 1.29 is 14.7 Å². The Kier molecular flexibility index (Phi) is 4.31. The lowest BCUT2D eigenvalue weighted by Crippen LogP contribution is -2.46. The number of nitrogens with zero attached hydrogens (tertiary/aromatic N) is 1. The number of likely N-dealkylation sites (tertiary alicyclic amines) is 1. The Balaban J connectivity index is 1.99. The van der Waals surface area contributed by atoms with Gasteiger partial charge in [-0.1, -0.05) is 11.6 Å². The van der Waals surface area contributed by atoms with Gasteiger partial charge in [-0.3, -0.25) is 0 Å². The van der Waals surface area contributed by atoms with Crippen LogP contribution in [0.15, 0.2) is 12.1 Å². The molecule has 2 amide bonds. The van der Waals surface area contributed by atoms with E-state index in [4.69, 9.17) is 16.7 Å². The van der Waals surface area contributed by atoms with Gasteiger partial charge in [-0.25, -0.2) is 9.59 Å². The SMILES string of the molecule is CC(NC(=O)N1CCCC1C(=O)O)c1ccc(Cl)s1. The lowest BCUT2D eigenvalue weighted by molar-refractivity contribution is -0.141. The maximum atomic E-state index is 12.1. The summed E-state index contributed by atoms with van der Waals surface area (Å²) in [4.78, 5) is 25.4. The summed E-state index contributed by atoms with van der Waals surface area (Å²) in [6, 6.07) is 2.41. The van der Waals surface area contributed by atoms with Gasteiger partial charge in [0.2, 0.25) is 0 Å². The van der Waals surface area contributed by atoms with Gasteiger partial charge in [-0.15, -0.1) is 11.3 Å². The standard InChI is InChI=1S/C12H15ClN2O3S/c1-7(9-4-5-10(13)19-9)14-12(18)15-6-2-3-8(15)11(16)17/h4-5,7-8H,2-3,6H2,1H3,(H,14,18)(H,16,17). The van der Waals surface area contributed by atoms with Crippen LogP contribution in [0, 0.1) is 0 Å². The summed E-state index contributed by atoms with van der Waals surface area (Å²) in [5.41, 5.74) is 0. The van der Waals surface area contributed by atoms with E-state index >= 15 is 0 Å². The Morgan fingerprint density at radius 2 is 2.32 bits per heavy atom. The van der Waals surface area contributed by atoms with E-state index in [0.29, 0.717) is 17.3 Å². The van der Waals surface area contributed by atoms with Gasteiger partial charge < -0.3 is 15.3 Å². The van der Waals surface area contributed by atoms with Crippen molar-refractivity contribution >= 4 is 34.9 Å². The van der Waals surface area contributed by atoms with Gasteiger partial charge in [-0.05, 0) is 31.9 Å². The van der Waals surface area contributed by atoms with Crippen LogP contribution < -0.4 is 5.32 Å². The molecule has 2 rings (SSSR count). The zero-order valence-corrected chi connectivity index (χ0v) is 12.0. The van der Waals surface area contributed by atoms with Gasteiger partial charge in [0.25, 0.3) is 0 Å². The second kappa shape index (κ2) is 5.79. The minimum atomic E-state index is -0.945. The smallest absolute Gasteiger partial charge is 0.326 e. The van der Waals surface area contributed by atoms with Crippen LogP contribution in [0.3, 0.4) is 0 Å². The molecule has 1 fully saturated rings. The van der Waals surface area contributed by atoms with Crippen LogP contribution in [-0.4, -0.2) is 34.6 Å². The minimum Gasteiger partial charge on any atom is -0.480 e. The number of carboxylic acids is 1. The third kappa shape index (κ3) is 3.19. The first-order valence-electron chi connectivity index (χ1n) is 6.04. The molecule has 0 radical (unpaired) electrons. The topological polar surface area (TPSA) is 69.6 Å². The molecule has 19 heavy (non-hydrogen) atoms. The number of halogens is 1. The molecular formula is C12H15ClN2O3S. The van der Waals surface area contributed by atoms with Crippen LogP contribution in [0.4, 0.5) is 4.79 Å². The van der Waals surface area contributed by atoms with Crippen molar-refractivity contribution in [1.82, 2.24) is 10.2 Å². The van der Waals surface area contributed by atoms with Crippen molar-refractivity contribution in [3.8, 4) is 0 Å². The van der Waals surface area contributed by atoms with Crippen LogP contribution in [-0.2, 0) is 4.79 Å². The lowest BCUT2D eigenvalue weighted by Gasteiger charge is -2.24. The Morgan fingerprint density at radius 3 is 2.89 bits per heavy atom. The molecule has 5 nitrogen and oxygen atoms in total. The van der Waals surface area contributed by atoms with E-state index in [2.05, 4.69) is 5.32 Å². The molecule has 0 bridgehead atoms. The van der Waals surface area contributed by atoms with Crippen molar-refractivity contribution in [3.63, 3.8) is 0 Å². The number of rotatable bonds is 3. The number of carbonyl (C=O) groups is 2. The number of thiophene rings is 1. The van der Waals surface area contributed by atoms with Gasteiger partial charge in [0.05, 0.1) is 10.4 Å². The molecule has 0 aromatic carbocycles. The molecular weight excluding hydrogens is 288 g/mol. The van der Waals surface area contributed by atoms with Crippen molar-refractivity contribution in [1.29, 1.82) is 0 Å². The zero-order valence-electron chi connectivity index (χ0n) is 10.4. The third-order valence-electron chi connectivity index (χ3n) is 3.16. The first kappa shape index (κ1) is 14.1. The second-order valence-electron chi connectivity index (χ2n) is 4.50. The summed E-state index contributed by atoms with van der Waals surface area (Å²) in [5.74, 6) is -0.945. The lowest BCUT2D eigenvalue weighted by atomic mass is 10.2. The molecule has 1 aliphatic rings. The maximum absolute atomic E-state index is 12.1. The summed E-state index contributed by atoms with van der Waals surface area (Å²) < 4.78 is 0.667. The number of hydrogen-bond acceptors (Lipinski definition) is 3. The van der Waals surface area contributed by atoms with Gasteiger partial charge in [0.15, 0.2) is 0 Å². The van der Waals surface area contributed by atoms with Crippen molar-refractivity contribution in [2.45, 2.75) is 31.8 Å². The number of amides is 2. The number of hydrogen-bond donors (Lipinski definition) is 2. The Bertz CT molecular complexity index is 491. The summed E-state index contributed by atoms with van der Waals surface area (Å²) in [6.45, 7) is 2.34. The molecule has 1 aliphatic heterocycles. The average molecular weight is 303 g/mol. The van der Waals surface area contributed by atoms with Gasteiger partial charge >= 0.3 is 12.0 Å². The second-order valence-corrected chi connectivity index (χ2v) is 6.25. The molecule has 7 heteroatoms. The van der Waals surface area contributed by atoms with E-state index < -0.39 is 12.0 Å². The van der Waals surface area contributed by atoms with Crippen LogP contribution in [0.1, 0.15) is 30.7 Å². The summed E-state index contributed by atoms with van der Waals surface area (Å²) in [6.07, 6.45) is 1.24. The normalized spacial score (nSPS) is 20.3. The Morgan fingerprint density at radius 1 is 1.58 bits per heavy atom. The Hall–Kier alpha value is -1.27. The summed E-state index contributed by atoms with van der Waals surface area (Å²) in [7, 11) is 0. The first-order valence-corrected chi connectivity index (χ1v) is 7.23. The van der Waals surface area contributed by atoms with E-state index in [9.17, 15) is 9.59 Å². The quantitative estimate of drug-likeness (QED) is 0.902. The molecule has 2 N–H and O–H groups in total.